The minimum Gasteiger partial charge on any atom is -0.286 e. The van der Waals surface area contributed by atoms with Gasteiger partial charge in [0.15, 0.2) is 5.16 Å². The van der Waals surface area contributed by atoms with Crippen LogP contribution in [0.25, 0.3) is 0 Å². The van der Waals surface area contributed by atoms with Crippen molar-refractivity contribution in [2.45, 2.75) is 35.2 Å². The van der Waals surface area contributed by atoms with Crippen LogP contribution in [0.1, 0.15) is 16.8 Å². The van der Waals surface area contributed by atoms with Crippen LogP contribution in [-0.4, -0.2) is 15.3 Å². The molecule has 28 heavy (non-hydrogen) atoms. The van der Waals surface area contributed by atoms with Gasteiger partial charge in [0, 0.05) is 34.5 Å². The first-order valence-electron chi connectivity index (χ1n) is 8.99. The molecule has 0 spiro atoms. The summed E-state index contributed by atoms with van der Waals surface area (Å²) >= 11 is 15.5. The summed E-state index contributed by atoms with van der Waals surface area (Å²) in [5.74, 6) is 1.56. The minimum absolute atomic E-state index is 0.0770. The topological polar surface area (TPSA) is 34.9 Å². The number of fused-ring (bicyclic) bond motifs is 1. The molecule has 0 aliphatic carbocycles. The van der Waals surface area contributed by atoms with Gasteiger partial charge in [-0.05, 0) is 29.7 Å². The predicted octanol–water partition coefficient (Wildman–Crippen LogP) is 5.73. The summed E-state index contributed by atoms with van der Waals surface area (Å²) < 4.78 is 1.82. The second-order valence-corrected chi connectivity index (χ2v) is 9.38. The van der Waals surface area contributed by atoms with Gasteiger partial charge in [-0.3, -0.25) is 9.36 Å². The summed E-state index contributed by atoms with van der Waals surface area (Å²) in [7, 11) is 0. The van der Waals surface area contributed by atoms with Gasteiger partial charge in [-0.15, -0.1) is 11.8 Å². The van der Waals surface area contributed by atoms with Crippen LogP contribution in [0.3, 0.4) is 0 Å². The highest BCUT2D eigenvalue weighted by Gasteiger charge is 2.21. The van der Waals surface area contributed by atoms with Crippen LogP contribution in [0.15, 0.2) is 63.4 Å². The summed E-state index contributed by atoms with van der Waals surface area (Å²) in [6.45, 7) is 0.611. The zero-order valence-electron chi connectivity index (χ0n) is 15.0. The average Bonchev–Trinajstić information content (AvgIpc) is 3.16. The Morgan fingerprint density at radius 1 is 1.14 bits per heavy atom. The van der Waals surface area contributed by atoms with Gasteiger partial charge in [-0.1, -0.05) is 71.4 Å². The van der Waals surface area contributed by atoms with Gasteiger partial charge < -0.3 is 0 Å². The minimum atomic E-state index is 0.0770. The smallest absolute Gasteiger partial charge is 0.268 e. The zero-order valence-corrected chi connectivity index (χ0v) is 18.2. The maximum absolute atomic E-state index is 13.1. The van der Waals surface area contributed by atoms with E-state index in [9.17, 15) is 4.79 Å². The fourth-order valence-electron chi connectivity index (χ4n) is 3.10. The molecular formula is C21H18Cl2N2OS2. The van der Waals surface area contributed by atoms with Gasteiger partial charge in [0.25, 0.3) is 5.56 Å². The van der Waals surface area contributed by atoms with Crippen molar-refractivity contribution >= 4 is 46.7 Å². The molecule has 0 atom stereocenters. The van der Waals surface area contributed by atoms with Crippen LogP contribution >= 0.6 is 46.7 Å². The Morgan fingerprint density at radius 3 is 2.75 bits per heavy atom. The molecule has 1 aliphatic heterocycles. The summed E-state index contributed by atoms with van der Waals surface area (Å²) in [5, 5.41) is 2.01. The lowest BCUT2D eigenvalue weighted by atomic mass is 10.1. The normalized spacial score (nSPS) is 12.9. The van der Waals surface area contributed by atoms with Crippen LogP contribution in [-0.2, 0) is 25.1 Å². The van der Waals surface area contributed by atoms with Crippen LogP contribution in [0, 0.1) is 0 Å². The predicted molar refractivity (Wildman–Crippen MR) is 119 cm³/mol. The Kier molecular flexibility index (Phi) is 6.36. The summed E-state index contributed by atoms with van der Waals surface area (Å²) in [6, 6.07) is 15.7. The summed E-state index contributed by atoms with van der Waals surface area (Å²) in [4.78, 5) is 18.7. The van der Waals surface area contributed by atoms with Crippen LogP contribution < -0.4 is 5.56 Å². The second-order valence-electron chi connectivity index (χ2n) is 6.49. The monoisotopic (exact) mass is 448 g/mol. The van der Waals surface area contributed by atoms with Crippen molar-refractivity contribution in [2.24, 2.45) is 0 Å². The first kappa shape index (κ1) is 19.9. The van der Waals surface area contributed by atoms with Crippen LogP contribution in [0.2, 0.25) is 10.0 Å². The molecule has 0 unspecified atom stereocenters. The quantitative estimate of drug-likeness (QED) is 0.356. The molecule has 0 radical (unpaired) electrons. The van der Waals surface area contributed by atoms with E-state index in [1.807, 2.05) is 34.9 Å². The lowest BCUT2D eigenvalue weighted by Gasteiger charge is -2.14. The Hall–Kier alpha value is -1.40. The van der Waals surface area contributed by atoms with E-state index >= 15 is 0 Å². The molecule has 3 nitrogen and oxygen atoms in total. The molecule has 0 saturated carbocycles. The first-order valence-corrected chi connectivity index (χ1v) is 11.7. The standard InChI is InChI=1S/C21H18Cl2N2OS2/c22-16-7-6-15(17(23)12-16)13-28-21-24-18-9-11-27-19(18)20(26)25(21)10-8-14-4-2-1-3-5-14/h1-7,12H,8-11,13H2. The van der Waals surface area contributed by atoms with Gasteiger partial charge >= 0.3 is 0 Å². The average molecular weight is 449 g/mol. The van der Waals surface area contributed by atoms with Crippen molar-refractivity contribution < 1.29 is 0 Å². The van der Waals surface area contributed by atoms with Gasteiger partial charge in [-0.25, -0.2) is 4.98 Å². The van der Waals surface area contributed by atoms with E-state index in [1.165, 1.54) is 5.56 Å². The highest BCUT2D eigenvalue weighted by molar-refractivity contribution is 7.99. The number of hydrogen-bond acceptors (Lipinski definition) is 4. The molecule has 3 aromatic rings. The third-order valence-corrected chi connectivity index (χ3v) is 7.31. The summed E-state index contributed by atoms with van der Waals surface area (Å²) in [5.41, 5.74) is 3.19. The van der Waals surface area contributed by atoms with Crippen LogP contribution in [0.5, 0.6) is 0 Å². The number of thioether (sulfide) groups is 2. The number of rotatable bonds is 6. The number of nitrogens with zero attached hydrogens (tertiary/aromatic N) is 2. The van der Waals surface area contributed by atoms with E-state index in [0.717, 1.165) is 39.9 Å². The third kappa shape index (κ3) is 4.43. The number of benzene rings is 2. The van der Waals surface area contributed by atoms with Gasteiger partial charge in [-0.2, -0.15) is 0 Å². The molecule has 0 saturated heterocycles. The summed E-state index contributed by atoms with van der Waals surface area (Å²) in [6.07, 6.45) is 1.64. The molecular weight excluding hydrogens is 431 g/mol. The maximum atomic E-state index is 13.1. The lowest BCUT2D eigenvalue weighted by molar-refractivity contribution is 0.565. The SMILES string of the molecule is O=c1c2c(nc(SCc3ccc(Cl)cc3Cl)n1CCc1ccccc1)CCS2. The van der Waals surface area contributed by atoms with E-state index < -0.39 is 0 Å². The Morgan fingerprint density at radius 2 is 1.96 bits per heavy atom. The van der Waals surface area contributed by atoms with Crippen molar-refractivity contribution in [1.82, 2.24) is 9.55 Å². The van der Waals surface area contributed by atoms with Gasteiger partial charge in [0.05, 0.1) is 10.6 Å². The lowest BCUT2D eigenvalue weighted by Crippen LogP contribution is -2.26. The van der Waals surface area contributed by atoms with Crippen molar-refractivity contribution in [1.29, 1.82) is 0 Å². The molecule has 1 aliphatic rings. The van der Waals surface area contributed by atoms with E-state index in [0.29, 0.717) is 22.3 Å². The molecule has 2 heterocycles. The Labute approximate surface area is 182 Å². The molecule has 144 valence electrons. The molecule has 0 N–H and O–H groups in total. The Balaban J connectivity index is 1.61. The zero-order chi connectivity index (χ0) is 19.5. The van der Waals surface area contributed by atoms with E-state index in [-0.39, 0.29) is 5.56 Å². The second kappa shape index (κ2) is 8.95. The molecule has 0 bridgehead atoms. The van der Waals surface area contributed by atoms with Crippen LogP contribution in [0.4, 0.5) is 0 Å². The maximum Gasteiger partial charge on any atom is 0.268 e. The third-order valence-electron chi connectivity index (χ3n) is 4.59. The largest absolute Gasteiger partial charge is 0.286 e. The van der Waals surface area contributed by atoms with Crippen molar-refractivity contribution in [3.05, 3.63) is 85.8 Å². The van der Waals surface area contributed by atoms with Gasteiger partial charge in [0.1, 0.15) is 0 Å². The van der Waals surface area contributed by atoms with E-state index in [2.05, 4.69) is 12.1 Å². The number of aryl methyl sites for hydroxylation is 2. The van der Waals surface area contributed by atoms with Crippen molar-refractivity contribution in [3.63, 3.8) is 0 Å². The molecule has 0 amide bonds. The van der Waals surface area contributed by atoms with E-state index in [4.69, 9.17) is 28.2 Å². The van der Waals surface area contributed by atoms with Gasteiger partial charge in [0.2, 0.25) is 0 Å². The fourth-order valence-corrected chi connectivity index (χ4v) is 5.74. The fraction of sp³-hybridized carbons (Fsp3) is 0.238. The number of aromatic nitrogens is 2. The highest BCUT2D eigenvalue weighted by atomic mass is 35.5. The molecule has 4 rings (SSSR count). The first-order chi connectivity index (χ1) is 13.6. The van der Waals surface area contributed by atoms with Crippen molar-refractivity contribution in [3.8, 4) is 0 Å². The molecule has 0 fully saturated rings. The Bertz CT molecular complexity index is 1050. The molecule has 7 heteroatoms. The molecule has 2 aromatic carbocycles. The highest BCUT2D eigenvalue weighted by Crippen LogP contribution is 2.31. The van der Waals surface area contributed by atoms with Crippen molar-refractivity contribution in [2.75, 3.05) is 5.75 Å². The molecule has 1 aromatic heterocycles. The number of halogens is 2. The van der Waals surface area contributed by atoms with E-state index in [1.54, 1.807) is 29.6 Å². The number of hydrogen-bond donors (Lipinski definition) is 0.